The van der Waals surface area contributed by atoms with Gasteiger partial charge in [0.05, 0.1) is 11.8 Å². The summed E-state index contributed by atoms with van der Waals surface area (Å²) < 4.78 is 0. The average molecular weight is 187 g/mol. The summed E-state index contributed by atoms with van der Waals surface area (Å²) in [7, 11) is 0. The van der Waals surface area contributed by atoms with Gasteiger partial charge < -0.3 is 10.9 Å². The fourth-order valence-electron chi connectivity index (χ4n) is 1.22. The molecule has 4 heteroatoms. The summed E-state index contributed by atoms with van der Waals surface area (Å²) in [6.45, 7) is 0. The molecule has 0 saturated carbocycles. The minimum atomic E-state index is 0.521. The lowest BCUT2D eigenvalue weighted by atomic mass is 10.1. The van der Waals surface area contributed by atoms with Crippen LogP contribution in [-0.2, 0) is 0 Å². The number of hydrogen-bond acceptors (Lipinski definition) is 3. The number of nitrogens with two attached hydrogens (primary N) is 1. The zero-order valence-electron chi connectivity index (χ0n) is 7.42. The molecule has 70 valence electrons. The average Bonchev–Trinajstić information content (AvgIpc) is 2.20. The summed E-state index contributed by atoms with van der Waals surface area (Å²) in [5.41, 5.74) is 7.55. The van der Waals surface area contributed by atoms with Crippen LogP contribution in [0, 0.1) is 5.21 Å². The van der Waals surface area contributed by atoms with E-state index in [2.05, 4.69) is 5.10 Å². The fraction of sp³-hybridized carbons (Fsp3) is 0. The Morgan fingerprint density at radius 2 is 1.86 bits per heavy atom. The Kier molecular flexibility index (Phi) is 2.02. The normalized spacial score (nSPS) is 10.0. The maximum atomic E-state index is 11.3. The Balaban J connectivity index is 2.50. The molecule has 0 spiro atoms. The van der Waals surface area contributed by atoms with Crippen molar-refractivity contribution >= 4 is 5.69 Å². The molecule has 0 amide bonds. The van der Waals surface area contributed by atoms with Crippen molar-refractivity contribution in [1.29, 1.82) is 0 Å². The third-order valence-corrected chi connectivity index (χ3v) is 1.92. The highest BCUT2D eigenvalue weighted by molar-refractivity contribution is 5.59. The van der Waals surface area contributed by atoms with Crippen molar-refractivity contribution in [2.75, 3.05) is 5.73 Å². The van der Waals surface area contributed by atoms with Gasteiger partial charge in [0, 0.05) is 16.9 Å². The van der Waals surface area contributed by atoms with E-state index in [1.807, 2.05) is 0 Å². The van der Waals surface area contributed by atoms with Crippen molar-refractivity contribution in [3.05, 3.63) is 47.8 Å². The lowest BCUT2D eigenvalue weighted by Gasteiger charge is -2.00. The van der Waals surface area contributed by atoms with Crippen LogP contribution in [0.2, 0.25) is 0 Å². The van der Waals surface area contributed by atoms with E-state index in [4.69, 9.17) is 5.73 Å². The summed E-state index contributed by atoms with van der Waals surface area (Å²) in [5, 5.41) is 14.9. The molecule has 0 radical (unpaired) electrons. The van der Waals surface area contributed by atoms with E-state index in [1.165, 1.54) is 6.20 Å². The summed E-state index contributed by atoms with van der Waals surface area (Å²) >= 11 is 0. The van der Waals surface area contributed by atoms with E-state index >= 15 is 0 Å². The van der Waals surface area contributed by atoms with Crippen LogP contribution in [-0.4, -0.2) is 5.10 Å². The third-order valence-electron chi connectivity index (χ3n) is 1.92. The molecule has 2 aromatic rings. The molecule has 0 aliphatic heterocycles. The molecule has 1 heterocycles. The van der Waals surface area contributed by atoms with Gasteiger partial charge in [-0.3, -0.25) is 0 Å². The zero-order chi connectivity index (χ0) is 9.97. The van der Waals surface area contributed by atoms with Crippen LogP contribution in [0.5, 0.6) is 0 Å². The number of rotatable bonds is 1. The molecule has 14 heavy (non-hydrogen) atoms. The van der Waals surface area contributed by atoms with Gasteiger partial charge in [-0.2, -0.15) is 0 Å². The van der Waals surface area contributed by atoms with E-state index in [1.54, 1.807) is 36.4 Å². The van der Waals surface area contributed by atoms with Gasteiger partial charge in [0.2, 0.25) is 0 Å². The first kappa shape index (κ1) is 8.50. The van der Waals surface area contributed by atoms with Gasteiger partial charge in [-0.15, -0.1) is 0 Å². The Hall–Kier alpha value is -2.10. The molecule has 1 aromatic heterocycles. The lowest BCUT2D eigenvalue weighted by molar-refractivity contribution is -0.658. The highest BCUT2D eigenvalue weighted by atomic mass is 16.5. The highest BCUT2D eigenvalue weighted by Crippen LogP contribution is 2.15. The fourth-order valence-corrected chi connectivity index (χ4v) is 1.22. The minimum absolute atomic E-state index is 0.521. The molecule has 0 aliphatic rings. The number of aromatic nitrogens is 2. The number of nitrogen functional groups attached to an aromatic ring is 1. The maximum absolute atomic E-state index is 11.3. The predicted octanol–water partition coefficient (Wildman–Crippen LogP) is 0.964. The molecule has 0 atom stereocenters. The number of nitrogens with zero attached hydrogens (tertiary/aromatic N) is 2. The van der Waals surface area contributed by atoms with Gasteiger partial charge in [0.25, 0.3) is 5.69 Å². The maximum Gasteiger partial charge on any atom is 0.252 e. The molecule has 1 aromatic carbocycles. The van der Waals surface area contributed by atoms with Crippen LogP contribution in [0.25, 0.3) is 11.3 Å². The molecule has 0 bridgehead atoms. The van der Waals surface area contributed by atoms with E-state index in [-0.39, 0.29) is 0 Å². The first-order valence-corrected chi connectivity index (χ1v) is 4.18. The molecule has 2 rings (SSSR count). The minimum Gasteiger partial charge on any atom is -0.594 e. The second-order valence-electron chi connectivity index (χ2n) is 2.90. The van der Waals surface area contributed by atoms with E-state index in [0.29, 0.717) is 16.2 Å². The van der Waals surface area contributed by atoms with Gasteiger partial charge in [0.1, 0.15) is 0 Å². The van der Waals surface area contributed by atoms with Crippen LogP contribution in [0.1, 0.15) is 0 Å². The van der Waals surface area contributed by atoms with Crippen molar-refractivity contribution in [3.63, 3.8) is 0 Å². The first-order valence-electron chi connectivity index (χ1n) is 4.18. The molecule has 2 N–H and O–H groups in total. The lowest BCUT2D eigenvalue weighted by Crippen LogP contribution is -2.33. The molecular weight excluding hydrogens is 178 g/mol. The number of anilines is 1. The molecule has 0 unspecified atom stereocenters. The van der Waals surface area contributed by atoms with Crippen molar-refractivity contribution < 1.29 is 4.85 Å². The van der Waals surface area contributed by atoms with E-state index in [0.717, 1.165) is 5.56 Å². The standard InChI is InChI=1S/C10H9N3O/c11-9-5-3-8(4-6-9)10-2-1-7-12-13(10)14/h1-7H,11H2. The number of benzene rings is 1. The zero-order valence-corrected chi connectivity index (χ0v) is 7.42. The summed E-state index contributed by atoms with van der Waals surface area (Å²) in [4.78, 5) is 0.589. The summed E-state index contributed by atoms with van der Waals surface area (Å²) in [5.74, 6) is 0. The molecule has 0 aliphatic carbocycles. The van der Waals surface area contributed by atoms with Crippen LogP contribution in [0.3, 0.4) is 0 Å². The molecule has 4 nitrogen and oxygen atoms in total. The van der Waals surface area contributed by atoms with Crippen LogP contribution < -0.4 is 10.6 Å². The largest absolute Gasteiger partial charge is 0.594 e. The third kappa shape index (κ3) is 1.50. The first-order chi connectivity index (χ1) is 6.77. The second-order valence-corrected chi connectivity index (χ2v) is 2.90. The molecular formula is C10H9N3O. The number of hydrogen-bond donors (Lipinski definition) is 1. The van der Waals surface area contributed by atoms with Gasteiger partial charge >= 0.3 is 0 Å². The predicted molar refractivity (Wildman–Crippen MR) is 53.0 cm³/mol. The second kappa shape index (κ2) is 3.33. The van der Waals surface area contributed by atoms with Crippen LogP contribution in [0.15, 0.2) is 42.6 Å². The Morgan fingerprint density at radius 1 is 1.14 bits per heavy atom. The van der Waals surface area contributed by atoms with Gasteiger partial charge in [-0.25, -0.2) is 0 Å². The Labute approximate surface area is 81.2 Å². The topological polar surface area (TPSA) is 65.8 Å². The Bertz CT molecular complexity index is 439. The summed E-state index contributed by atoms with van der Waals surface area (Å²) in [6.07, 6.45) is 1.45. The SMILES string of the molecule is Nc1ccc(-c2cccn[n+]2[O-])cc1. The monoisotopic (exact) mass is 187 g/mol. The van der Waals surface area contributed by atoms with Gasteiger partial charge in [-0.1, -0.05) is 4.85 Å². The molecule has 0 fully saturated rings. The van der Waals surface area contributed by atoms with Crippen LogP contribution in [0.4, 0.5) is 5.69 Å². The van der Waals surface area contributed by atoms with Crippen molar-refractivity contribution in [2.45, 2.75) is 0 Å². The highest BCUT2D eigenvalue weighted by Gasteiger charge is 2.07. The van der Waals surface area contributed by atoms with Gasteiger partial charge in [-0.05, 0) is 30.3 Å². The van der Waals surface area contributed by atoms with E-state index in [9.17, 15) is 5.21 Å². The van der Waals surface area contributed by atoms with E-state index < -0.39 is 0 Å². The van der Waals surface area contributed by atoms with Crippen molar-refractivity contribution in [1.82, 2.24) is 5.10 Å². The smallest absolute Gasteiger partial charge is 0.252 e. The summed E-state index contributed by atoms with van der Waals surface area (Å²) in [6, 6.07) is 10.5. The molecule has 0 saturated heterocycles. The Morgan fingerprint density at radius 3 is 2.50 bits per heavy atom. The van der Waals surface area contributed by atoms with Crippen LogP contribution >= 0.6 is 0 Å². The van der Waals surface area contributed by atoms with Crippen molar-refractivity contribution in [3.8, 4) is 11.3 Å². The quantitative estimate of drug-likeness (QED) is 0.411. The van der Waals surface area contributed by atoms with Gasteiger partial charge in [0.15, 0.2) is 0 Å². The van der Waals surface area contributed by atoms with Crippen molar-refractivity contribution in [2.24, 2.45) is 0 Å².